The average molecular weight is 532 g/mol. The predicted octanol–water partition coefficient (Wildman–Crippen LogP) is -0.176. The van der Waals surface area contributed by atoms with Crippen molar-refractivity contribution in [2.45, 2.75) is 43.0 Å². The number of nitrogens with zero attached hydrogens (tertiary/aromatic N) is 7. The van der Waals surface area contributed by atoms with E-state index < -0.39 is 36.1 Å². The van der Waals surface area contributed by atoms with Crippen LogP contribution in [0.15, 0.2) is 36.7 Å². The first-order chi connectivity index (χ1) is 17.8. The fraction of sp³-hybridized carbons (Fsp3) is 0.381. The number of rotatable bonds is 9. The standard InChI is InChI=1S/C21H22ClN9O6/c22-20-25-15(23)12-16(26-20)31(9-24-12)17-14(33)13(32)11(37-17)6-7-36-21(19(34)35,18-27-29-30-28-18)8-10-4-2-1-3-5-10/h1-5,9,11,13-14,17,32-33H,6-8H2,(H,34,35)(H2,23,25,26)(H,27,28,29,30)/t11-,13+,14-,17-,21?/m1/s1. The number of hydrogen-bond donors (Lipinski definition) is 5. The molecule has 0 bridgehead atoms. The van der Waals surface area contributed by atoms with Crippen LogP contribution in [0.2, 0.25) is 5.28 Å². The Balaban J connectivity index is 1.34. The number of carboxylic acids is 1. The lowest BCUT2D eigenvalue weighted by molar-refractivity contribution is -0.171. The van der Waals surface area contributed by atoms with Crippen LogP contribution in [0, 0.1) is 0 Å². The number of aliphatic carboxylic acids is 1. The molecule has 0 amide bonds. The van der Waals surface area contributed by atoms with Gasteiger partial charge in [-0.05, 0) is 23.6 Å². The molecule has 15 nitrogen and oxygen atoms in total. The number of halogens is 1. The Morgan fingerprint density at radius 3 is 2.73 bits per heavy atom. The van der Waals surface area contributed by atoms with Crippen molar-refractivity contribution >= 4 is 34.6 Å². The second kappa shape index (κ2) is 9.95. The molecule has 1 aromatic carbocycles. The molecule has 5 rings (SSSR count). The van der Waals surface area contributed by atoms with Crippen molar-refractivity contribution in [2.24, 2.45) is 0 Å². The van der Waals surface area contributed by atoms with E-state index in [0.717, 1.165) is 0 Å². The fourth-order valence-corrected chi connectivity index (χ4v) is 4.46. The smallest absolute Gasteiger partial charge is 0.344 e. The lowest BCUT2D eigenvalue weighted by Gasteiger charge is -2.27. The molecule has 37 heavy (non-hydrogen) atoms. The molecule has 1 saturated heterocycles. The number of aliphatic hydroxyl groups is 2. The van der Waals surface area contributed by atoms with Gasteiger partial charge in [-0.25, -0.2) is 9.78 Å². The molecule has 1 unspecified atom stereocenters. The van der Waals surface area contributed by atoms with Crippen LogP contribution in [0.3, 0.4) is 0 Å². The second-order valence-corrected chi connectivity index (χ2v) is 8.75. The van der Waals surface area contributed by atoms with E-state index in [1.165, 1.54) is 10.9 Å². The van der Waals surface area contributed by atoms with Crippen LogP contribution >= 0.6 is 11.6 Å². The van der Waals surface area contributed by atoms with Crippen molar-refractivity contribution in [1.82, 2.24) is 40.1 Å². The molecule has 5 atom stereocenters. The summed E-state index contributed by atoms with van der Waals surface area (Å²) in [4.78, 5) is 24.5. The molecule has 0 saturated carbocycles. The number of tetrazole rings is 1. The largest absolute Gasteiger partial charge is 0.479 e. The van der Waals surface area contributed by atoms with Gasteiger partial charge >= 0.3 is 5.97 Å². The third-order valence-electron chi connectivity index (χ3n) is 6.13. The van der Waals surface area contributed by atoms with E-state index in [2.05, 4.69) is 35.6 Å². The van der Waals surface area contributed by atoms with E-state index in [-0.39, 0.29) is 47.5 Å². The zero-order valence-electron chi connectivity index (χ0n) is 19.0. The van der Waals surface area contributed by atoms with Crippen molar-refractivity contribution in [3.05, 3.63) is 53.3 Å². The summed E-state index contributed by atoms with van der Waals surface area (Å²) < 4.78 is 13.2. The Bertz CT molecular complexity index is 1390. The molecule has 0 spiro atoms. The summed E-state index contributed by atoms with van der Waals surface area (Å²) >= 11 is 5.91. The minimum Gasteiger partial charge on any atom is -0.479 e. The highest BCUT2D eigenvalue weighted by atomic mass is 35.5. The van der Waals surface area contributed by atoms with Gasteiger partial charge in [0, 0.05) is 6.42 Å². The zero-order chi connectivity index (χ0) is 26.2. The molecular weight excluding hydrogens is 510 g/mol. The number of aliphatic hydroxyl groups excluding tert-OH is 2. The number of anilines is 1. The van der Waals surface area contributed by atoms with Crippen LogP contribution < -0.4 is 5.73 Å². The average Bonchev–Trinajstić information content (AvgIpc) is 3.61. The van der Waals surface area contributed by atoms with Gasteiger partial charge in [0.2, 0.25) is 16.7 Å². The van der Waals surface area contributed by atoms with Crippen LogP contribution in [0.5, 0.6) is 0 Å². The third kappa shape index (κ3) is 4.58. The fourth-order valence-electron chi connectivity index (χ4n) is 4.29. The molecule has 0 aliphatic carbocycles. The first-order valence-electron chi connectivity index (χ1n) is 11.1. The molecule has 3 aromatic heterocycles. The molecule has 1 fully saturated rings. The minimum absolute atomic E-state index is 0.0287. The number of hydrogen-bond acceptors (Lipinski definition) is 12. The molecule has 1 aliphatic heterocycles. The van der Waals surface area contributed by atoms with Crippen LogP contribution in [0.4, 0.5) is 5.82 Å². The number of carboxylic acid groups (broad SMARTS) is 1. The summed E-state index contributed by atoms with van der Waals surface area (Å²) in [6, 6.07) is 8.86. The van der Waals surface area contributed by atoms with Crippen LogP contribution in [0.1, 0.15) is 24.0 Å². The van der Waals surface area contributed by atoms with Gasteiger partial charge in [-0.15, -0.1) is 10.2 Å². The number of nitrogen functional groups attached to an aromatic ring is 1. The highest BCUT2D eigenvalue weighted by Gasteiger charge is 2.48. The van der Waals surface area contributed by atoms with Crippen LogP contribution in [-0.2, 0) is 26.3 Å². The molecule has 4 aromatic rings. The summed E-state index contributed by atoms with van der Waals surface area (Å²) in [6.45, 7) is -0.180. The van der Waals surface area contributed by atoms with E-state index in [4.69, 9.17) is 26.8 Å². The normalized spacial score (nSPS) is 23.3. The topological polar surface area (TPSA) is 220 Å². The summed E-state index contributed by atoms with van der Waals surface area (Å²) in [5, 5.41) is 44.8. The third-order valence-corrected chi connectivity index (χ3v) is 6.30. The number of aromatic nitrogens is 8. The number of aromatic amines is 1. The lowest BCUT2D eigenvalue weighted by atomic mass is 9.93. The van der Waals surface area contributed by atoms with Gasteiger partial charge in [-0.2, -0.15) is 15.2 Å². The van der Waals surface area contributed by atoms with E-state index in [1.807, 2.05) is 0 Å². The van der Waals surface area contributed by atoms with Crippen molar-refractivity contribution < 1.29 is 29.6 Å². The van der Waals surface area contributed by atoms with Gasteiger partial charge in [0.1, 0.15) is 17.7 Å². The molecular formula is C21H22ClN9O6. The Labute approximate surface area is 213 Å². The quantitative estimate of drug-likeness (QED) is 0.177. The summed E-state index contributed by atoms with van der Waals surface area (Å²) in [6.07, 6.45) is -3.37. The maximum Gasteiger partial charge on any atom is 0.344 e. The monoisotopic (exact) mass is 531 g/mol. The molecule has 1 aliphatic rings. The maximum absolute atomic E-state index is 12.4. The number of benzene rings is 1. The van der Waals surface area contributed by atoms with Gasteiger partial charge in [0.15, 0.2) is 17.7 Å². The molecule has 194 valence electrons. The van der Waals surface area contributed by atoms with Crippen LogP contribution in [-0.4, -0.2) is 86.4 Å². The maximum atomic E-state index is 12.4. The van der Waals surface area contributed by atoms with Gasteiger partial charge in [-0.3, -0.25) is 4.57 Å². The van der Waals surface area contributed by atoms with Gasteiger partial charge < -0.3 is 30.5 Å². The summed E-state index contributed by atoms with van der Waals surface area (Å²) in [7, 11) is 0. The van der Waals surface area contributed by atoms with Gasteiger partial charge in [-0.1, -0.05) is 35.5 Å². The second-order valence-electron chi connectivity index (χ2n) is 8.42. The minimum atomic E-state index is -1.96. The van der Waals surface area contributed by atoms with Gasteiger partial charge in [0.25, 0.3) is 0 Å². The van der Waals surface area contributed by atoms with E-state index in [0.29, 0.717) is 5.56 Å². The molecule has 16 heteroatoms. The van der Waals surface area contributed by atoms with Crippen molar-refractivity contribution in [2.75, 3.05) is 12.3 Å². The zero-order valence-corrected chi connectivity index (χ0v) is 19.8. The highest BCUT2D eigenvalue weighted by molar-refractivity contribution is 6.28. The highest BCUT2D eigenvalue weighted by Crippen LogP contribution is 2.35. The number of H-pyrrole nitrogens is 1. The number of fused-ring (bicyclic) bond motifs is 1. The lowest BCUT2D eigenvalue weighted by Crippen LogP contribution is -2.43. The summed E-state index contributed by atoms with van der Waals surface area (Å²) in [5.41, 5.74) is 5.03. The van der Waals surface area contributed by atoms with Crippen molar-refractivity contribution in [1.29, 1.82) is 0 Å². The summed E-state index contributed by atoms with van der Waals surface area (Å²) in [5.74, 6) is -1.42. The molecule has 4 heterocycles. The predicted molar refractivity (Wildman–Crippen MR) is 125 cm³/mol. The number of nitrogens with two attached hydrogens (primary N) is 1. The number of carbonyl (C=O) groups is 1. The van der Waals surface area contributed by atoms with E-state index >= 15 is 0 Å². The van der Waals surface area contributed by atoms with Crippen molar-refractivity contribution in [3.63, 3.8) is 0 Å². The Morgan fingerprint density at radius 1 is 1.24 bits per heavy atom. The van der Waals surface area contributed by atoms with E-state index in [1.54, 1.807) is 30.3 Å². The Morgan fingerprint density at radius 2 is 2.03 bits per heavy atom. The number of ether oxygens (including phenoxy) is 2. The van der Waals surface area contributed by atoms with E-state index in [9.17, 15) is 20.1 Å². The first-order valence-corrected chi connectivity index (χ1v) is 11.5. The number of nitrogens with one attached hydrogen (secondary N) is 1. The Kier molecular flexibility index (Phi) is 6.70. The molecule has 6 N–H and O–H groups in total. The van der Waals surface area contributed by atoms with Crippen LogP contribution in [0.25, 0.3) is 11.2 Å². The molecule has 0 radical (unpaired) electrons. The first kappa shape index (κ1) is 24.9. The SMILES string of the molecule is Nc1nc(Cl)nc2c1ncn2[C@@H]1O[C@H](CCOC(Cc2ccccc2)(C(=O)O)c2nn[nH]n2)[C@H](O)[C@H]1O. The van der Waals surface area contributed by atoms with Crippen molar-refractivity contribution in [3.8, 4) is 0 Å². The Hall–Kier alpha value is -3.76. The van der Waals surface area contributed by atoms with Gasteiger partial charge in [0.05, 0.1) is 19.0 Å². The number of imidazole rings is 1.